The number of aliphatic hydroxyl groups excluding tert-OH is 1. The fraction of sp³-hybridized carbons (Fsp3) is 0.650. The van der Waals surface area contributed by atoms with E-state index in [2.05, 4.69) is 5.32 Å². The minimum atomic E-state index is -4.33. The van der Waals surface area contributed by atoms with E-state index in [4.69, 9.17) is 4.74 Å². The third kappa shape index (κ3) is 2.84. The van der Waals surface area contributed by atoms with E-state index in [1.54, 1.807) is 6.07 Å². The van der Waals surface area contributed by atoms with Crippen LogP contribution in [0.25, 0.3) is 0 Å². The summed E-state index contributed by atoms with van der Waals surface area (Å²) in [5.41, 5.74) is -0.333. The lowest BCUT2D eigenvalue weighted by atomic mass is 9.68. The Balaban J connectivity index is 1.22. The van der Waals surface area contributed by atoms with E-state index in [0.29, 0.717) is 39.0 Å². The first-order chi connectivity index (χ1) is 13.2. The lowest BCUT2D eigenvalue weighted by Crippen LogP contribution is -2.59. The SMILES string of the molecule is O=C([C@H]1C[C@]2(COC(O)N2)C1)N1CCC2(c3cccc(C(F)(F)F)c3)CC2C1. The van der Waals surface area contributed by atoms with Crippen molar-refractivity contribution in [2.24, 2.45) is 11.8 Å². The number of carbonyl (C=O) groups is 1. The molecule has 28 heavy (non-hydrogen) atoms. The molecule has 0 bridgehead atoms. The molecule has 0 radical (unpaired) electrons. The monoisotopic (exact) mass is 396 g/mol. The number of hydrogen-bond acceptors (Lipinski definition) is 4. The predicted octanol–water partition coefficient (Wildman–Crippen LogP) is 2.24. The van der Waals surface area contributed by atoms with Gasteiger partial charge in [0.25, 0.3) is 0 Å². The van der Waals surface area contributed by atoms with Gasteiger partial charge in [0.1, 0.15) is 0 Å². The van der Waals surface area contributed by atoms with Crippen molar-refractivity contribution >= 4 is 5.91 Å². The second-order valence-corrected chi connectivity index (χ2v) is 8.86. The molecule has 1 spiro atoms. The molecule has 2 heterocycles. The molecule has 3 unspecified atom stereocenters. The number of aliphatic hydroxyl groups is 1. The van der Waals surface area contributed by atoms with Gasteiger partial charge in [-0.25, -0.2) is 0 Å². The molecule has 2 N–H and O–H groups in total. The number of piperidine rings is 1. The molecule has 2 saturated heterocycles. The first-order valence-electron chi connectivity index (χ1n) is 9.75. The van der Waals surface area contributed by atoms with Crippen LogP contribution in [0.5, 0.6) is 0 Å². The minimum absolute atomic E-state index is 0.0683. The van der Waals surface area contributed by atoms with Crippen molar-refractivity contribution in [3.8, 4) is 0 Å². The lowest BCUT2D eigenvalue weighted by molar-refractivity contribution is -0.142. The van der Waals surface area contributed by atoms with Gasteiger partial charge in [-0.2, -0.15) is 13.2 Å². The number of fused-ring (bicyclic) bond motifs is 1. The summed E-state index contributed by atoms with van der Waals surface area (Å²) in [6.07, 6.45) is -2.42. The van der Waals surface area contributed by atoms with Gasteiger partial charge in [0.05, 0.1) is 12.2 Å². The highest BCUT2D eigenvalue weighted by Gasteiger charge is 2.59. The predicted molar refractivity (Wildman–Crippen MR) is 93.0 cm³/mol. The quantitative estimate of drug-likeness (QED) is 0.805. The number of likely N-dealkylation sites (tertiary alicyclic amines) is 1. The second kappa shape index (κ2) is 5.93. The van der Waals surface area contributed by atoms with Crippen molar-refractivity contribution in [2.75, 3.05) is 19.7 Å². The van der Waals surface area contributed by atoms with Crippen LogP contribution in [0.2, 0.25) is 0 Å². The number of hydrogen-bond donors (Lipinski definition) is 2. The van der Waals surface area contributed by atoms with Crippen LogP contribution in [0, 0.1) is 11.8 Å². The van der Waals surface area contributed by atoms with Gasteiger partial charge in [0.2, 0.25) is 12.3 Å². The molecular weight excluding hydrogens is 373 g/mol. The maximum absolute atomic E-state index is 13.0. The Morgan fingerprint density at radius 2 is 2.07 bits per heavy atom. The van der Waals surface area contributed by atoms with Crippen LogP contribution >= 0.6 is 0 Å². The van der Waals surface area contributed by atoms with Crippen molar-refractivity contribution in [1.82, 2.24) is 10.2 Å². The zero-order valence-electron chi connectivity index (χ0n) is 15.3. The Hall–Kier alpha value is -1.64. The number of carbonyl (C=O) groups excluding carboxylic acids is 1. The van der Waals surface area contributed by atoms with E-state index in [1.807, 2.05) is 4.90 Å². The zero-order chi connectivity index (χ0) is 19.7. The highest BCUT2D eigenvalue weighted by Crippen LogP contribution is 2.60. The van der Waals surface area contributed by atoms with E-state index < -0.39 is 18.2 Å². The zero-order valence-corrected chi connectivity index (χ0v) is 15.3. The van der Waals surface area contributed by atoms with Crippen LogP contribution in [-0.2, 0) is 21.1 Å². The number of alkyl halides is 3. The molecule has 2 aliphatic carbocycles. The summed E-state index contributed by atoms with van der Waals surface area (Å²) in [5, 5.41) is 12.4. The Bertz CT molecular complexity index is 808. The standard InChI is InChI=1S/C20H23F3N2O3/c21-20(22,23)14-3-1-2-13(6-14)19-4-5-25(10-15(19)9-19)16(26)12-7-18(8-12)11-28-17(27)24-18/h1-3,6,12,15,17,24,27H,4-5,7-11H2/t12-,15?,17?,18+,19?. The average molecular weight is 396 g/mol. The van der Waals surface area contributed by atoms with Crippen LogP contribution in [0.3, 0.4) is 0 Å². The number of ether oxygens (including phenoxy) is 1. The van der Waals surface area contributed by atoms with Gasteiger partial charge in [-0.15, -0.1) is 0 Å². The Morgan fingerprint density at radius 1 is 1.29 bits per heavy atom. The first-order valence-corrected chi connectivity index (χ1v) is 9.75. The average Bonchev–Trinajstić information content (AvgIpc) is 3.25. The van der Waals surface area contributed by atoms with Crippen molar-refractivity contribution in [3.05, 3.63) is 35.4 Å². The Morgan fingerprint density at radius 3 is 2.71 bits per heavy atom. The van der Waals surface area contributed by atoms with Crippen molar-refractivity contribution in [1.29, 1.82) is 0 Å². The molecule has 5 rings (SSSR count). The van der Waals surface area contributed by atoms with Gasteiger partial charge in [-0.3, -0.25) is 10.1 Å². The van der Waals surface area contributed by atoms with Crippen LogP contribution < -0.4 is 5.32 Å². The van der Waals surface area contributed by atoms with E-state index >= 15 is 0 Å². The van der Waals surface area contributed by atoms with Crippen molar-refractivity contribution < 1.29 is 27.8 Å². The molecule has 5 nitrogen and oxygen atoms in total. The van der Waals surface area contributed by atoms with Crippen molar-refractivity contribution in [3.63, 3.8) is 0 Å². The summed E-state index contributed by atoms with van der Waals surface area (Å²) in [7, 11) is 0. The Labute approximate surface area is 160 Å². The van der Waals surface area contributed by atoms with Gasteiger partial charge in [0, 0.05) is 30.0 Å². The molecule has 4 fully saturated rings. The molecule has 0 aromatic heterocycles. The van der Waals surface area contributed by atoms with Crippen molar-refractivity contribution in [2.45, 2.75) is 49.2 Å². The third-order valence-electron chi connectivity index (χ3n) is 7.15. The minimum Gasteiger partial charge on any atom is -0.356 e. The number of benzene rings is 1. The maximum Gasteiger partial charge on any atom is 0.416 e. The molecule has 2 aliphatic heterocycles. The molecule has 1 aromatic carbocycles. The van der Waals surface area contributed by atoms with Gasteiger partial charge in [-0.05, 0) is 43.2 Å². The normalized spacial score (nSPS) is 39.6. The van der Waals surface area contributed by atoms with E-state index in [1.165, 1.54) is 12.1 Å². The summed E-state index contributed by atoms with van der Waals surface area (Å²) in [5.74, 6) is 0.289. The number of amides is 1. The smallest absolute Gasteiger partial charge is 0.356 e. The largest absolute Gasteiger partial charge is 0.416 e. The van der Waals surface area contributed by atoms with Crippen LogP contribution in [0.4, 0.5) is 13.2 Å². The fourth-order valence-electron chi connectivity index (χ4n) is 5.46. The highest BCUT2D eigenvalue weighted by atomic mass is 19.4. The summed E-state index contributed by atoms with van der Waals surface area (Å²) in [6.45, 7) is 1.62. The number of nitrogens with zero attached hydrogens (tertiary/aromatic N) is 1. The molecule has 8 heteroatoms. The molecule has 3 atom stereocenters. The number of nitrogens with one attached hydrogen (secondary N) is 1. The third-order valence-corrected chi connectivity index (χ3v) is 7.15. The molecule has 152 valence electrons. The van der Waals surface area contributed by atoms with Gasteiger partial charge in [-0.1, -0.05) is 18.2 Å². The first kappa shape index (κ1) is 18.4. The maximum atomic E-state index is 13.0. The van der Waals surface area contributed by atoms with E-state index in [-0.39, 0.29) is 28.7 Å². The topological polar surface area (TPSA) is 61.8 Å². The van der Waals surface area contributed by atoms with E-state index in [0.717, 1.165) is 18.1 Å². The van der Waals surface area contributed by atoms with Gasteiger partial charge < -0.3 is 14.7 Å². The molecule has 2 saturated carbocycles. The summed E-state index contributed by atoms with van der Waals surface area (Å²) in [6, 6.07) is 5.67. The fourth-order valence-corrected chi connectivity index (χ4v) is 5.46. The summed E-state index contributed by atoms with van der Waals surface area (Å²) in [4.78, 5) is 14.7. The summed E-state index contributed by atoms with van der Waals surface area (Å²) >= 11 is 0. The van der Waals surface area contributed by atoms with Crippen LogP contribution in [0.15, 0.2) is 24.3 Å². The van der Waals surface area contributed by atoms with Gasteiger partial charge >= 0.3 is 6.18 Å². The molecule has 1 amide bonds. The number of halogens is 3. The second-order valence-electron chi connectivity index (χ2n) is 8.86. The summed E-state index contributed by atoms with van der Waals surface area (Å²) < 4.78 is 44.3. The molecule has 1 aromatic rings. The highest BCUT2D eigenvalue weighted by molar-refractivity contribution is 5.80. The molecular formula is C20H23F3N2O3. The lowest BCUT2D eigenvalue weighted by Gasteiger charge is -2.45. The van der Waals surface area contributed by atoms with Crippen LogP contribution in [-0.4, -0.2) is 47.6 Å². The number of rotatable bonds is 2. The van der Waals surface area contributed by atoms with E-state index in [9.17, 15) is 23.1 Å². The van der Waals surface area contributed by atoms with Crippen LogP contribution in [0.1, 0.15) is 36.8 Å². The van der Waals surface area contributed by atoms with Gasteiger partial charge in [0.15, 0.2) is 0 Å². The molecule has 4 aliphatic rings. The Kier molecular flexibility index (Phi) is 3.90.